The minimum absolute atomic E-state index is 0.00371. The van der Waals surface area contributed by atoms with Crippen LogP contribution in [0.25, 0.3) is 0 Å². The van der Waals surface area contributed by atoms with Gasteiger partial charge in [0.1, 0.15) is 0 Å². The van der Waals surface area contributed by atoms with Gasteiger partial charge in [0.25, 0.3) is 0 Å². The SMILES string of the molecule is CCCCC/C=C\CCCCCCCC(=O)OCCCCCCCCCCC/C=C\CCCCCCCCCC(=O)NC(CO)C(O)CCCCCCCCCCCCCCCCCC. The second kappa shape index (κ2) is 54.9. The van der Waals surface area contributed by atoms with Crippen molar-refractivity contribution in [3.8, 4) is 0 Å². The molecule has 2 unspecified atom stereocenters. The first-order valence-electron chi connectivity index (χ1n) is 29.1. The summed E-state index contributed by atoms with van der Waals surface area (Å²) < 4.78 is 5.46. The van der Waals surface area contributed by atoms with Gasteiger partial charge in [-0.05, 0) is 77.0 Å². The average molecular weight is 917 g/mol. The fourth-order valence-electron chi connectivity index (χ4n) is 8.98. The molecule has 0 saturated carbocycles. The molecule has 3 N–H and O–H groups in total. The Morgan fingerprint density at radius 3 is 1.12 bits per heavy atom. The number of ether oxygens (including phenoxy) is 1. The summed E-state index contributed by atoms with van der Waals surface area (Å²) in [7, 11) is 0. The lowest BCUT2D eigenvalue weighted by atomic mass is 10.0. The Labute approximate surface area is 405 Å². The summed E-state index contributed by atoms with van der Waals surface area (Å²) in [6.45, 7) is 4.93. The van der Waals surface area contributed by atoms with Crippen LogP contribution in [-0.4, -0.2) is 47.4 Å². The van der Waals surface area contributed by atoms with Crippen LogP contribution in [0.15, 0.2) is 24.3 Å². The van der Waals surface area contributed by atoms with Gasteiger partial charge in [0, 0.05) is 12.8 Å². The normalized spacial score (nSPS) is 12.7. The largest absolute Gasteiger partial charge is 0.466 e. The van der Waals surface area contributed by atoms with E-state index in [9.17, 15) is 19.8 Å². The molecule has 0 saturated heterocycles. The Morgan fingerprint density at radius 1 is 0.415 bits per heavy atom. The highest BCUT2D eigenvalue weighted by atomic mass is 16.5. The monoisotopic (exact) mass is 916 g/mol. The summed E-state index contributed by atoms with van der Waals surface area (Å²) in [4.78, 5) is 24.5. The second-order valence-electron chi connectivity index (χ2n) is 20.0. The van der Waals surface area contributed by atoms with E-state index in [1.54, 1.807) is 0 Å². The van der Waals surface area contributed by atoms with Gasteiger partial charge in [-0.2, -0.15) is 0 Å². The van der Waals surface area contributed by atoms with Crippen LogP contribution in [0.3, 0.4) is 0 Å². The molecule has 0 radical (unpaired) electrons. The van der Waals surface area contributed by atoms with Crippen LogP contribution in [0.1, 0.15) is 316 Å². The van der Waals surface area contributed by atoms with E-state index in [1.807, 2.05) is 0 Å². The molecule has 0 aromatic rings. The van der Waals surface area contributed by atoms with Crippen LogP contribution in [0, 0.1) is 0 Å². The lowest BCUT2D eigenvalue weighted by molar-refractivity contribution is -0.143. The Bertz CT molecular complexity index is 1010. The van der Waals surface area contributed by atoms with Gasteiger partial charge in [-0.25, -0.2) is 0 Å². The third kappa shape index (κ3) is 51.6. The van der Waals surface area contributed by atoms with E-state index < -0.39 is 12.1 Å². The summed E-state index contributed by atoms with van der Waals surface area (Å²) in [5, 5.41) is 23.3. The summed E-state index contributed by atoms with van der Waals surface area (Å²) >= 11 is 0. The minimum atomic E-state index is -0.669. The van der Waals surface area contributed by atoms with E-state index in [-0.39, 0.29) is 18.5 Å². The molecule has 1 amide bonds. The maximum atomic E-state index is 12.5. The standard InChI is InChI=1S/C59H113NO5/c1-3-5-7-9-11-13-15-17-18-25-28-31-35-39-43-47-51-57(62)56(55-61)60-58(63)52-48-44-40-36-32-29-26-23-21-19-20-22-24-27-30-34-38-42-46-50-54-65-59(64)53-49-45-41-37-33-16-14-12-10-8-6-4-2/h12,14,19,21,56-57,61-62H,3-11,13,15-18,20,22-55H2,1-2H3,(H,60,63)/b14-12-,21-19-. The number of aliphatic hydroxyl groups is 2. The Hall–Kier alpha value is -1.66. The van der Waals surface area contributed by atoms with Gasteiger partial charge in [-0.1, -0.05) is 250 Å². The van der Waals surface area contributed by atoms with Gasteiger partial charge >= 0.3 is 5.97 Å². The molecular weight excluding hydrogens is 803 g/mol. The zero-order valence-electron chi connectivity index (χ0n) is 43.7. The van der Waals surface area contributed by atoms with Crippen molar-refractivity contribution in [3.05, 3.63) is 24.3 Å². The lowest BCUT2D eigenvalue weighted by Gasteiger charge is -2.22. The summed E-state index contributed by atoms with van der Waals surface area (Å²) in [5.74, 6) is -0.0458. The summed E-state index contributed by atoms with van der Waals surface area (Å²) in [6.07, 6.45) is 66.0. The zero-order chi connectivity index (χ0) is 47.2. The molecule has 6 heteroatoms. The quantitative estimate of drug-likeness (QED) is 0.0321. The first-order chi connectivity index (χ1) is 32.0. The highest BCUT2D eigenvalue weighted by Crippen LogP contribution is 2.17. The molecule has 0 heterocycles. The lowest BCUT2D eigenvalue weighted by Crippen LogP contribution is -2.45. The van der Waals surface area contributed by atoms with Gasteiger partial charge in [0.15, 0.2) is 0 Å². The molecule has 2 atom stereocenters. The topological polar surface area (TPSA) is 95.9 Å². The van der Waals surface area contributed by atoms with Crippen molar-refractivity contribution in [1.29, 1.82) is 0 Å². The molecule has 0 aromatic carbocycles. The maximum absolute atomic E-state index is 12.5. The Morgan fingerprint density at radius 2 is 0.723 bits per heavy atom. The molecule has 0 bridgehead atoms. The van der Waals surface area contributed by atoms with Gasteiger partial charge < -0.3 is 20.3 Å². The predicted octanol–water partition coefficient (Wildman–Crippen LogP) is 17.9. The summed E-state index contributed by atoms with van der Waals surface area (Å²) in [6, 6.07) is -0.547. The van der Waals surface area contributed by atoms with Crippen molar-refractivity contribution < 1.29 is 24.5 Å². The fourth-order valence-corrected chi connectivity index (χ4v) is 8.98. The van der Waals surface area contributed by atoms with E-state index in [0.717, 1.165) is 44.9 Å². The van der Waals surface area contributed by atoms with Crippen molar-refractivity contribution in [2.45, 2.75) is 328 Å². The number of unbranched alkanes of at least 4 members (excludes halogenated alkanes) is 39. The van der Waals surface area contributed by atoms with E-state index in [0.29, 0.717) is 25.9 Å². The molecule has 65 heavy (non-hydrogen) atoms. The number of hydrogen-bond donors (Lipinski definition) is 3. The minimum Gasteiger partial charge on any atom is -0.466 e. The molecule has 0 rings (SSSR count). The fraction of sp³-hybridized carbons (Fsp3) is 0.898. The average Bonchev–Trinajstić information content (AvgIpc) is 3.31. The first kappa shape index (κ1) is 63.3. The van der Waals surface area contributed by atoms with Gasteiger partial charge in [-0.3, -0.25) is 9.59 Å². The number of carbonyl (C=O) groups excluding carboxylic acids is 2. The maximum Gasteiger partial charge on any atom is 0.305 e. The van der Waals surface area contributed by atoms with Gasteiger partial charge in [-0.15, -0.1) is 0 Å². The number of nitrogens with one attached hydrogen (secondary N) is 1. The molecule has 0 aliphatic carbocycles. The van der Waals surface area contributed by atoms with Crippen LogP contribution in [0.5, 0.6) is 0 Å². The molecule has 0 fully saturated rings. The van der Waals surface area contributed by atoms with E-state index in [1.165, 1.54) is 238 Å². The van der Waals surface area contributed by atoms with Crippen LogP contribution in [0.2, 0.25) is 0 Å². The molecule has 0 spiro atoms. The number of rotatable bonds is 54. The molecule has 0 aliphatic heterocycles. The number of amides is 1. The molecule has 0 aromatic heterocycles. The number of esters is 1. The summed E-state index contributed by atoms with van der Waals surface area (Å²) in [5.41, 5.74) is 0. The van der Waals surface area contributed by atoms with Crippen molar-refractivity contribution in [2.24, 2.45) is 0 Å². The third-order valence-corrected chi connectivity index (χ3v) is 13.5. The second-order valence-corrected chi connectivity index (χ2v) is 20.0. The number of aliphatic hydroxyl groups excluding tert-OH is 2. The van der Waals surface area contributed by atoms with E-state index >= 15 is 0 Å². The molecule has 0 aliphatic rings. The third-order valence-electron chi connectivity index (χ3n) is 13.5. The number of allylic oxidation sites excluding steroid dienone is 4. The molecular formula is C59H113NO5. The van der Waals surface area contributed by atoms with Crippen molar-refractivity contribution >= 4 is 11.9 Å². The number of carbonyl (C=O) groups is 2. The molecule has 6 nitrogen and oxygen atoms in total. The van der Waals surface area contributed by atoms with Gasteiger partial charge in [0.2, 0.25) is 5.91 Å². The Kier molecular flexibility index (Phi) is 53.5. The zero-order valence-corrected chi connectivity index (χ0v) is 43.7. The van der Waals surface area contributed by atoms with Crippen LogP contribution >= 0.6 is 0 Å². The van der Waals surface area contributed by atoms with Crippen LogP contribution in [0.4, 0.5) is 0 Å². The van der Waals surface area contributed by atoms with Crippen LogP contribution < -0.4 is 5.32 Å². The van der Waals surface area contributed by atoms with Crippen molar-refractivity contribution in [2.75, 3.05) is 13.2 Å². The number of hydrogen-bond acceptors (Lipinski definition) is 5. The first-order valence-corrected chi connectivity index (χ1v) is 29.1. The van der Waals surface area contributed by atoms with E-state index in [2.05, 4.69) is 43.5 Å². The molecule has 384 valence electrons. The Balaban J connectivity index is 3.44. The van der Waals surface area contributed by atoms with E-state index in [4.69, 9.17) is 4.74 Å². The van der Waals surface area contributed by atoms with Crippen molar-refractivity contribution in [3.63, 3.8) is 0 Å². The highest BCUT2D eigenvalue weighted by Gasteiger charge is 2.20. The van der Waals surface area contributed by atoms with Crippen LogP contribution in [-0.2, 0) is 14.3 Å². The highest BCUT2D eigenvalue weighted by molar-refractivity contribution is 5.76. The predicted molar refractivity (Wildman–Crippen MR) is 283 cm³/mol. The van der Waals surface area contributed by atoms with Gasteiger partial charge in [0.05, 0.1) is 25.4 Å². The smallest absolute Gasteiger partial charge is 0.305 e. The van der Waals surface area contributed by atoms with Crippen molar-refractivity contribution in [1.82, 2.24) is 5.32 Å².